The molecule has 2 aromatic rings. The van der Waals surface area contributed by atoms with Crippen molar-refractivity contribution in [1.29, 1.82) is 0 Å². The maximum Gasteiger partial charge on any atom is 0.325 e. The second-order valence-corrected chi connectivity index (χ2v) is 10.9. The van der Waals surface area contributed by atoms with Crippen LogP contribution in [0.3, 0.4) is 0 Å². The van der Waals surface area contributed by atoms with Crippen molar-refractivity contribution < 1.29 is 22.7 Å². The van der Waals surface area contributed by atoms with Gasteiger partial charge in [0, 0.05) is 26.1 Å². The standard InChI is InChI=1S/C19H24N4O4S2.C3H9NO/c1-12-7-8-15(16(9-12)29(26,27)14-5-3-4-6-14)22-18(25)23-19-21-13(11-28-19)10-17(24)20-2;1-5-3-2-4/h7-9,11,14H,3-6,10H2,1-2H3,(H,20,24)(H2,21,22,23,25);2-4H2,1H3. The van der Waals surface area contributed by atoms with Crippen LogP contribution in [0.25, 0.3) is 0 Å². The Kier molecular flexibility index (Phi) is 10.9. The van der Waals surface area contributed by atoms with Crippen LogP contribution < -0.4 is 21.7 Å². The Morgan fingerprint density at radius 1 is 1.24 bits per heavy atom. The molecule has 1 fully saturated rings. The lowest BCUT2D eigenvalue weighted by Gasteiger charge is -2.16. The number of rotatable bonds is 8. The van der Waals surface area contributed by atoms with Crippen LogP contribution in [0, 0.1) is 6.92 Å². The summed E-state index contributed by atoms with van der Waals surface area (Å²) >= 11 is 1.19. The van der Waals surface area contributed by atoms with E-state index in [-0.39, 0.29) is 22.9 Å². The molecule has 10 nitrogen and oxygen atoms in total. The number of nitrogens with zero attached hydrogens (tertiary/aromatic N) is 1. The first kappa shape index (κ1) is 27.7. The molecular weight excluding hydrogens is 478 g/mol. The van der Waals surface area contributed by atoms with Gasteiger partial charge >= 0.3 is 6.03 Å². The van der Waals surface area contributed by atoms with Crippen molar-refractivity contribution in [2.75, 3.05) is 37.9 Å². The third-order valence-corrected chi connectivity index (χ3v) is 8.25. The number of aryl methyl sites for hydroxylation is 1. The Morgan fingerprint density at radius 3 is 2.53 bits per heavy atom. The van der Waals surface area contributed by atoms with E-state index in [1.54, 1.807) is 37.7 Å². The van der Waals surface area contributed by atoms with Gasteiger partial charge < -0.3 is 21.1 Å². The fourth-order valence-corrected chi connectivity index (χ4v) is 6.21. The monoisotopic (exact) mass is 511 g/mol. The van der Waals surface area contributed by atoms with Gasteiger partial charge in [0.1, 0.15) is 0 Å². The number of nitrogens with one attached hydrogen (secondary N) is 3. The third-order valence-electron chi connectivity index (χ3n) is 5.15. The van der Waals surface area contributed by atoms with Crippen LogP contribution in [0.5, 0.6) is 0 Å². The summed E-state index contributed by atoms with van der Waals surface area (Å²) in [7, 11) is -0.349. The summed E-state index contributed by atoms with van der Waals surface area (Å²) in [6.45, 7) is 3.11. The largest absolute Gasteiger partial charge is 0.383 e. The summed E-state index contributed by atoms with van der Waals surface area (Å²) in [6, 6.07) is 4.38. The van der Waals surface area contributed by atoms with Gasteiger partial charge in [0.05, 0.1) is 34.6 Å². The number of anilines is 2. The van der Waals surface area contributed by atoms with Crippen LogP contribution in [0.1, 0.15) is 36.9 Å². The molecule has 12 heteroatoms. The minimum Gasteiger partial charge on any atom is -0.383 e. The van der Waals surface area contributed by atoms with Crippen molar-refractivity contribution >= 4 is 43.9 Å². The first-order valence-corrected chi connectivity index (χ1v) is 13.4. The summed E-state index contributed by atoms with van der Waals surface area (Å²) in [6.07, 6.45) is 3.23. The van der Waals surface area contributed by atoms with Crippen molar-refractivity contribution in [3.05, 3.63) is 34.8 Å². The highest BCUT2D eigenvalue weighted by molar-refractivity contribution is 7.92. The fourth-order valence-electron chi connectivity index (χ4n) is 3.41. The Bertz CT molecular complexity index is 1060. The SMILES string of the molecule is CNC(=O)Cc1csc(NC(=O)Nc2ccc(C)cc2S(=O)(=O)C2CCCC2)n1.COCCN. The minimum absolute atomic E-state index is 0.123. The number of benzene rings is 1. The van der Waals surface area contributed by atoms with Gasteiger partial charge in [-0.05, 0) is 37.5 Å². The smallest absolute Gasteiger partial charge is 0.325 e. The molecule has 1 aromatic carbocycles. The van der Waals surface area contributed by atoms with Crippen LogP contribution in [0.2, 0.25) is 0 Å². The van der Waals surface area contributed by atoms with Gasteiger partial charge in [0.25, 0.3) is 0 Å². The molecule has 1 heterocycles. The number of carbonyl (C=O) groups excluding carboxylic acids is 2. The molecule has 0 atom stereocenters. The lowest BCUT2D eigenvalue weighted by molar-refractivity contribution is -0.120. The zero-order valence-electron chi connectivity index (χ0n) is 19.7. The number of amides is 3. The van der Waals surface area contributed by atoms with Gasteiger partial charge in [-0.2, -0.15) is 0 Å². The molecule has 3 rings (SSSR count). The number of methoxy groups -OCH3 is 1. The highest BCUT2D eigenvalue weighted by Gasteiger charge is 2.32. The molecule has 1 aliphatic carbocycles. The summed E-state index contributed by atoms with van der Waals surface area (Å²) in [5.74, 6) is -0.173. The maximum atomic E-state index is 13.1. The van der Waals surface area contributed by atoms with E-state index in [2.05, 4.69) is 25.7 Å². The lowest BCUT2D eigenvalue weighted by atomic mass is 10.2. The Morgan fingerprint density at radius 2 is 1.94 bits per heavy atom. The molecule has 1 saturated carbocycles. The number of likely N-dealkylation sites (N-methyl/N-ethyl adjacent to an activating group) is 1. The van der Waals surface area contributed by atoms with Crippen molar-refractivity contribution in [3.63, 3.8) is 0 Å². The Hall–Kier alpha value is -2.54. The highest BCUT2D eigenvalue weighted by atomic mass is 32.2. The molecule has 0 spiro atoms. The van der Waals surface area contributed by atoms with Gasteiger partial charge in [-0.25, -0.2) is 18.2 Å². The molecule has 34 heavy (non-hydrogen) atoms. The molecule has 0 unspecified atom stereocenters. The number of aromatic nitrogens is 1. The number of sulfone groups is 1. The number of hydrogen-bond donors (Lipinski definition) is 4. The summed E-state index contributed by atoms with van der Waals surface area (Å²) in [5, 5.41) is 9.36. The van der Waals surface area contributed by atoms with Crippen molar-refractivity contribution in [1.82, 2.24) is 10.3 Å². The van der Waals surface area contributed by atoms with Crippen LogP contribution in [-0.2, 0) is 25.8 Å². The number of hydrogen-bond acceptors (Lipinski definition) is 8. The molecule has 1 aliphatic rings. The number of urea groups is 1. The van der Waals surface area contributed by atoms with Gasteiger partial charge in [-0.15, -0.1) is 11.3 Å². The molecule has 0 saturated heterocycles. The van der Waals surface area contributed by atoms with Crippen LogP contribution in [0.4, 0.5) is 15.6 Å². The lowest BCUT2D eigenvalue weighted by Crippen LogP contribution is -2.24. The average Bonchev–Trinajstić information content (AvgIpc) is 3.49. The van der Waals surface area contributed by atoms with E-state index in [0.29, 0.717) is 36.8 Å². The highest BCUT2D eigenvalue weighted by Crippen LogP contribution is 2.33. The van der Waals surface area contributed by atoms with Crippen LogP contribution in [0.15, 0.2) is 28.5 Å². The molecule has 0 aliphatic heterocycles. The number of nitrogens with two attached hydrogens (primary N) is 1. The molecular formula is C22H33N5O5S2. The van der Waals surface area contributed by atoms with Crippen LogP contribution >= 0.6 is 11.3 Å². The maximum absolute atomic E-state index is 13.1. The summed E-state index contributed by atoms with van der Waals surface area (Å²) in [5.41, 5.74) is 6.62. The second kappa shape index (κ2) is 13.4. The predicted molar refractivity (Wildman–Crippen MR) is 134 cm³/mol. The van der Waals surface area contributed by atoms with E-state index in [1.807, 2.05) is 6.92 Å². The van der Waals surface area contributed by atoms with Crippen LogP contribution in [-0.4, -0.2) is 57.9 Å². The Balaban J connectivity index is 0.000000739. The fraction of sp³-hybridized carbons (Fsp3) is 0.500. The zero-order valence-corrected chi connectivity index (χ0v) is 21.4. The van der Waals surface area contributed by atoms with Crippen molar-refractivity contribution in [3.8, 4) is 0 Å². The molecule has 0 bridgehead atoms. The quantitative estimate of drug-likeness (QED) is 0.425. The molecule has 0 radical (unpaired) electrons. The zero-order chi connectivity index (χ0) is 25.1. The minimum atomic E-state index is -3.52. The van der Waals surface area contributed by atoms with Crippen molar-refractivity contribution in [2.45, 2.75) is 49.2 Å². The van der Waals surface area contributed by atoms with Gasteiger partial charge in [-0.3, -0.25) is 10.1 Å². The molecule has 188 valence electrons. The molecule has 5 N–H and O–H groups in total. The number of carbonyl (C=O) groups is 2. The Labute approximate surface area is 204 Å². The number of thiazole rings is 1. The third kappa shape index (κ3) is 8.05. The predicted octanol–water partition coefficient (Wildman–Crippen LogP) is 2.69. The first-order chi connectivity index (χ1) is 16.2. The average molecular weight is 512 g/mol. The first-order valence-electron chi connectivity index (χ1n) is 11.0. The van der Waals surface area contributed by atoms with Gasteiger partial charge in [0.15, 0.2) is 15.0 Å². The summed E-state index contributed by atoms with van der Waals surface area (Å²) < 4.78 is 30.7. The topological polar surface area (TPSA) is 153 Å². The molecule has 1 aromatic heterocycles. The molecule has 3 amide bonds. The van der Waals surface area contributed by atoms with Crippen molar-refractivity contribution in [2.24, 2.45) is 5.73 Å². The van der Waals surface area contributed by atoms with Gasteiger partial charge in [-0.1, -0.05) is 18.9 Å². The van der Waals surface area contributed by atoms with E-state index in [1.165, 1.54) is 11.3 Å². The van der Waals surface area contributed by atoms with E-state index < -0.39 is 21.1 Å². The van der Waals surface area contributed by atoms with E-state index in [0.717, 1.165) is 18.4 Å². The summed E-state index contributed by atoms with van der Waals surface area (Å²) in [4.78, 5) is 28.2. The van der Waals surface area contributed by atoms with Gasteiger partial charge in [0.2, 0.25) is 5.91 Å². The number of ether oxygens (including phenoxy) is 1. The van der Waals surface area contributed by atoms with E-state index in [9.17, 15) is 18.0 Å². The van der Waals surface area contributed by atoms with E-state index in [4.69, 9.17) is 5.73 Å². The normalized spacial score (nSPS) is 13.6. The van der Waals surface area contributed by atoms with E-state index >= 15 is 0 Å². The second-order valence-electron chi connectivity index (χ2n) is 7.81.